The third kappa shape index (κ3) is 5.27. The quantitative estimate of drug-likeness (QED) is 0.738. The van der Waals surface area contributed by atoms with Gasteiger partial charge in [0.25, 0.3) is 0 Å². The fraction of sp³-hybridized carbons (Fsp3) is 0.917. The highest BCUT2D eigenvalue weighted by Crippen LogP contribution is 2.15. The van der Waals surface area contributed by atoms with Gasteiger partial charge in [0.05, 0.1) is 12.1 Å². The normalized spacial score (nSPS) is 24.6. The van der Waals surface area contributed by atoms with E-state index in [1.165, 1.54) is 12.8 Å². The van der Waals surface area contributed by atoms with Crippen LogP contribution in [0.2, 0.25) is 0 Å². The highest BCUT2D eigenvalue weighted by atomic mass is 32.2. The van der Waals surface area contributed by atoms with Gasteiger partial charge < -0.3 is 10.4 Å². The first kappa shape index (κ1) is 14.8. The second-order valence-electron chi connectivity index (χ2n) is 5.17. The van der Waals surface area contributed by atoms with Crippen LogP contribution in [0.3, 0.4) is 0 Å². The molecule has 5 heteroatoms. The summed E-state index contributed by atoms with van der Waals surface area (Å²) in [5.41, 5.74) is -0.814. The van der Waals surface area contributed by atoms with Crippen molar-refractivity contribution in [3.8, 4) is 0 Å². The van der Waals surface area contributed by atoms with Crippen molar-refractivity contribution in [1.82, 2.24) is 10.2 Å². The minimum Gasteiger partial charge on any atom is -0.387 e. The number of carbonyl (C=O) groups is 1. The first-order valence-corrected chi connectivity index (χ1v) is 7.56. The predicted octanol–water partition coefficient (Wildman–Crippen LogP) is 0.701. The van der Waals surface area contributed by atoms with Crippen LogP contribution in [0.25, 0.3) is 0 Å². The van der Waals surface area contributed by atoms with Crippen molar-refractivity contribution in [3.05, 3.63) is 0 Å². The molecule has 1 saturated heterocycles. The fourth-order valence-corrected chi connectivity index (χ4v) is 2.84. The highest BCUT2D eigenvalue weighted by Gasteiger charge is 2.24. The number of amides is 1. The molecule has 4 nitrogen and oxygen atoms in total. The average molecular weight is 260 g/mol. The Hall–Kier alpha value is -0.260. The van der Waals surface area contributed by atoms with E-state index in [0.29, 0.717) is 24.9 Å². The van der Waals surface area contributed by atoms with E-state index in [-0.39, 0.29) is 5.91 Å². The molecule has 1 heterocycles. The van der Waals surface area contributed by atoms with Crippen LogP contribution in [0.1, 0.15) is 26.7 Å². The third-order valence-corrected chi connectivity index (χ3v) is 4.07. The Balaban J connectivity index is 2.25. The molecule has 0 saturated carbocycles. The number of carbonyl (C=O) groups excluding carboxylic acids is 1. The van der Waals surface area contributed by atoms with E-state index in [2.05, 4.69) is 17.1 Å². The molecule has 0 aromatic rings. The van der Waals surface area contributed by atoms with Gasteiger partial charge in [-0.25, -0.2) is 0 Å². The molecule has 1 aliphatic rings. The van der Waals surface area contributed by atoms with Crippen molar-refractivity contribution in [2.45, 2.75) is 38.3 Å². The van der Waals surface area contributed by atoms with Crippen molar-refractivity contribution in [2.24, 2.45) is 0 Å². The lowest BCUT2D eigenvalue weighted by Crippen LogP contribution is -2.46. The van der Waals surface area contributed by atoms with E-state index in [9.17, 15) is 9.90 Å². The van der Waals surface area contributed by atoms with Gasteiger partial charge in [0.2, 0.25) is 5.91 Å². The van der Waals surface area contributed by atoms with Gasteiger partial charge in [0.15, 0.2) is 0 Å². The molecule has 2 N–H and O–H groups in total. The van der Waals surface area contributed by atoms with E-state index < -0.39 is 5.60 Å². The number of aliphatic hydroxyl groups is 1. The monoisotopic (exact) mass is 260 g/mol. The zero-order chi connectivity index (χ0) is 12.9. The van der Waals surface area contributed by atoms with Gasteiger partial charge in [-0.05, 0) is 39.5 Å². The topological polar surface area (TPSA) is 52.6 Å². The van der Waals surface area contributed by atoms with Crippen LogP contribution in [0.5, 0.6) is 0 Å². The summed E-state index contributed by atoms with van der Waals surface area (Å²) in [5, 5.41) is 12.7. The zero-order valence-electron chi connectivity index (χ0n) is 11.0. The number of thioether (sulfide) groups is 1. The number of rotatable bonds is 6. The van der Waals surface area contributed by atoms with Crippen LogP contribution >= 0.6 is 11.8 Å². The Labute approximate surface area is 108 Å². The second-order valence-corrected chi connectivity index (χ2v) is 6.03. The molecular formula is C12H24N2O2S. The van der Waals surface area contributed by atoms with Crippen molar-refractivity contribution < 1.29 is 9.90 Å². The molecule has 0 bridgehead atoms. The number of nitrogens with one attached hydrogen (secondary N) is 1. The van der Waals surface area contributed by atoms with Gasteiger partial charge >= 0.3 is 0 Å². The first-order valence-electron chi connectivity index (χ1n) is 6.17. The molecule has 0 spiro atoms. The largest absolute Gasteiger partial charge is 0.387 e. The Morgan fingerprint density at radius 1 is 1.65 bits per heavy atom. The molecule has 0 aliphatic carbocycles. The summed E-state index contributed by atoms with van der Waals surface area (Å²) < 4.78 is 0. The predicted molar refractivity (Wildman–Crippen MR) is 72.3 cm³/mol. The number of hydrogen-bond donors (Lipinski definition) is 2. The molecule has 100 valence electrons. The van der Waals surface area contributed by atoms with E-state index >= 15 is 0 Å². The van der Waals surface area contributed by atoms with Crippen molar-refractivity contribution >= 4 is 17.7 Å². The first-order chi connectivity index (χ1) is 7.94. The lowest BCUT2D eigenvalue weighted by molar-refractivity contribution is -0.123. The second kappa shape index (κ2) is 6.61. The standard InChI is InChI=1S/C12H24N2O2S/c1-10-5-4-6-14(10)7-11(15)13-8-12(2,16)9-17-3/h10,16H,4-9H2,1-3H3,(H,13,15). The molecule has 17 heavy (non-hydrogen) atoms. The summed E-state index contributed by atoms with van der Waals surface area (Å²) in [4.78, 5) is 13.9. The van der Waals surface area contributed by atoms with Gasteiger partial charge in [0.1, 0.15) is 0 Å². The lowest BCUT2D eigenvalue weighted by Gasteiger charge is -2.24. The summed E-state index contributed by atoms with van der Waals surface area (Å²) in [6, 6.07) is 0.507. The Bertz CT molecular complexity index is 259. The summed E-state index contributed by atoms with van der Waals surface area (Å²) in [6.45, 7) is 5.70. The maximum absolute atomic E-state index is 11.7. The summed E-state index contributed by atoms with van der Waals surface area (Å²) >= 11 is 1.58. The minimum atomic E-state index is -0.814. The van der Waals surface area contributed by atoms with Gasteiger partial charge in [-0.1, -0.05) is 0 Å². The summed E-state index contributed by atoms with van der Waals surface area (Å²) in [7, 11) is 0. The highest BCUT2D eigenvalue weighted by molar-refractivity contribution is 7.98. The van der Waals surface area contributed by atoms with Crippen LogP contribution in [0, 0.1) is 0 Å². The van der Waals surface area contributed by atoms with E-state index in [1.54, 1.807) is 18.7 Å². The maximum atomic E-state index is 11.7. The van der Waals surface area contributed by atoms with E-state index in [1.807, 2.05) is 6.26 Å². The molecular weight excluding hydrogens is 236 g/mol. The average Bonchev–Trinajstić information content (AvgIpc) is 2.62. The summed E-state index contributed by atoms with van der Waals surface area (Å²) in [5.74, 6) is 0.646. The van der Waals surface area contributed by atoms with Crippen LogP contribution < -0.4 is 5.32 Å². The van der Waals surface area contributed by atoms with Crippen LogP contribution in [-0.4, -0.2) is 59.2 Å². The maximum Gasteiger partial charge on any atom is 0.234 e. The Kier molecular flexibility index (Phi) is 5.76. The van der Waals surface area contributed by atoms with Crippen molar-refractivity contribution in [2.75, 3.05) is 31.6 Å². The van der Waals surface area contributed by atoms with Gasteiger partial charge in [-0.3, -0.25) is 9.69 Å². The third-order valence-electron chi connectivity index (χ3n) is 3.16. The van der Waals surface area contributed by atoms with Gasteiger partial charge in [0, 0.05) is 18.3 Å². The van der Waals surface area contributed by atoms with Gasteiger partial charge in [-0.15, -0.1) is 0 Å². The molecule has 1 aliphatic heterocycles. The summed E-state index contributed by atoms with van der Waals surface area (Å²) in [6.07, 6.45) is 4.30. The van der Waals surface area contributed by atoms with Crippen molar-refractivity contribution in [1.29, 1.82) is 0 Å². The molecule has 1 rings (SSSR count). The Morgan fingerprint density at radius 2 is 2.35 bits per heavy atom. The molecule has 1 fully saturated rings. The SMILES string of the molecule is CSCC(C)(O)CNC(=O)CN1CCCC1C. The Morgan fingerprint density at radius 3 is 2.88 bits per heavy atom. The van der Waals surface area contributed by atoms with Gasteiger partial charge in [-0.2, -0.15) is 11.8 Å². The van der Waals surface area contributed by atoms with Crippen LogP contribution in [0.4, 0.5) is 0 Å². The van der Waals surface area contributed by atoms with Crippen molar-refractivity contribution in [3.63, 3.8) is 0 Å². The smallest absolute Gasteiger partial charge is 0.234 e. The molecule has 0 aromatic heterocycles. The number of likely N-dealkylation sites (tertiary alicyclic amines) is 1. The number of hydrogen-bond acceptors (Lipinski definition) is 4. The van der Waals surface area contributed by atoms with E-state index in [0.717, 1.165) is 6.54 Å². The van der Waals surface area contributed by atoms with Crippen LogP contribution in [0.15, 0.2) is 0 Å². The number of nitrogens with zero attached hydrogens (tertiary/aromatic N) is 1. The lowest BCUT2D eigenvalue weighted by atomic mass is 10.1. The molecule has 2 unspecified atom stereocenters. The molecule has 2 atom stereocenters. The zero-order valence-corrected chi connectivity index (χ0v) is 11.8. The fourth-order valence-electron chi connectivity index (χ4n) is 2.12. The molecule has 1 amide bonds. The molecule has 0 radical (unpaired) electrons. The minimum absolute atomic E-state index is 0.0140. The van der Waals surface area contributed by atoms with E-state index in [4.69, 9.17) is 0 Å². The molecule has 0 aromatic carbocycles. The van der Waals surface area contributed by atoms with Crippen LogP contribution in [-0.2, 0) is 4.79 Å².